The molecule has 76 valence electrons. The van der Waals surface area contributed by atoms with Crippen LogP contribution >= 0.6 is 0 Å². The topological polar surface area (TPSA) is 26.0 Å². The fourth-order valence-electron chi connectivity index (χ4n) is 2.48. The van der Waals surface area contributed by atoms with Crippen LogP contribution in [-0.2, 0) is 5.41 Å². The third-order valence-electron chi connectivity index (χ3n) is 3.39. The Balaban J connectivity index is 2.35. The van der Waals surface area contributed by atoms with E-state index in [-0.39, 0.29) is 11.2 Å². The van der Waals surface area contributed by atoms with Gasteiger partial charge in [0.25, 0.3) is 0 Å². The standard InChI is InChI=1S/C12H16FN/c13-11-5-3-4-10(8-11)12(9-14)6-1-2-7-12/h3-5,8H,1-2,6-7,9,14H2. The van der Waals surface area contributed by atoms with Crippen LogP contribution in [0.5, 0.6) is 0 Å². The Kier molecular flexibility index (Phi) is 2.55. The number of hydrogen-bond donors (Lipinski definition) is 1. The summed E-state index contributed by atoms with van der Waals surface area (Å²) in [5.41, 5.74) is 6.97. The summed E-state index contributed by atoms with van der Waals surface area (Å²) in [5.74, 6) is -0.151. The second kappa shape index (κ2) is 3.70. The lowest BCUT2D eigenvalue weighted by atomic mass is 9.79. The molecule has 0 amide bonds. The molecular formula is C12H16FN. The molecule has 1 aliphatic rings. The van der Waals surface area contributed by atoms with Crippen LogP contribution in [0.15, 0.2) is 24.3 Å². The lowest BCUT2D eigenvalue weighted by molar-refractivity contribution is 0.449. The smallest absolute Gasteiger partial charge is 0.123 e. The van der Waals surface area contributed by atoms with E-state index in [1.54, 1.807) is 12.1 Å². The summed E-state index contributed by atoms with van der Waals surface area (Å²) in [6.45, 7) is 0.635. The molecule has 0 saturated heterocycles. The SMILES string of the molecule is NCC1(c2cccc(F)c2)CCCC1. The Morgan fingerprint density at radius 3 is 2.57 bits per heavy atom. The first-order chi connectivity index (χ1) is 6.77. The second-order valence-electron chi connectivity index (χ2n) is 4.20. The van der Waals surface area contributed by atoms with E-state index in [0.29, 0.717) is 6.54 Å². The van der Waals surface area contributed by atoms with Gasteiger partial charge in [-0.1, -0.05) is 25.0 Å². The highest BCUT2D eigenvalue weighted by atomic mass is 19.1. The first-order valence-electron chi connectivity index (χ1n) is 5.23. The minimum atomic E-state index is -0.151. The number of benzene rings is 1. The van der Waals surface area contributed by atoms with Crippen molar-refractivity contribution in [3.8, 4) is 0 Å². The van der Waals surface area contributed by atoms with Crippen molar-refractivity contribution in [2.75, 3.05) is 6.54 Å². The van der Waals surface area contributed by atoms with Gasteiger partial charge in [-0.05, 0) is 30.5 Å². The van der Waals surface area contributed by atoms with E-state index < -0.39 is 0 Å². The average molecular weight is 193 g/mol. The van der Waals surface area contributed by atoms with Crippen LogP contribution in [0, 0.1) is 5.82 Å². The van der Waals surface area contributed by atoms with E-state index in [4.69, 9.17) is 5.73 Å². The molecule has 0 radical (unpaired) electrons. The molecule has 2 N–H and O–H groups in total. The van der Waals surface area contributed by atoms with E-state index in [2.05, 4.69) is 0 Å². The van der Waals surface area contributed by atoms with E-state index in [1.807, 2.05) is 6.07 Å². The summed E-state index contributed by atoms with van der Waals surface area (Å²) in [6.07, 6.45) is 4.64. The monoisotopic (exact) mass is 193 g/mol. The average Bonchev–Trinajstić information content (AvgIpc) is 2.67. The molecule has 1 fully saturated rings. The van der Waals surface area contributed by atoms with Crippen LogP contribution in [-0.4, -0.2) is 6.54 Å². The quantitative estimate of drug-likeness (QED) is 0.767. The van der Waals surface area contributed by atoms with E-state index in [1.165, 1.54) is 18.9 Å². The molecule has 0 aromatic heterocycles. The van der Waals surface area contributed by atoms with Crippen LogP contribution in [0.1, 0.15) is 31.2 Å². The summed E-state index contributed by atoms with van der Waals surface area (Å²) in [5, 5.41) is 0. The Hall–Kier alpha value is -0.890. The zero-order valence-corrected chi connectivity index (χ0v) is 8.30. The third kappa shape index (κ3) is 1.55. The summed E-state index contributed by atoms with van der Waals surface area (Å²) >= 11 is 0. The van der Waals surface area contributed by atoms with Crippen molar-refractivity contribution in [3.63, 3.8) is 0 Å². The van der Waals surface area contributed by atoms with Gasteiger partial charge in [-0.3, -0.25) is 0 Å². The summed E-state index contributed by atoms with van der Waals surface area (Å²) < 4.78 is 13.1. The summed E-state index contributed by atoms with van der Waals surface area (Å²) in [4.78, 5) is 0. The number of halogens is 1. The molecule has 14 heavy (non-hydrogen) atoms. The molecule has 0 heterocycles. The van der Waals surface area contributed by atoms with Crippen molar-refractivity contribution in [2.24, 2.45) is 5.73 Å². The zero-order valence-electron chi connectivity index (χ0n) is 8.30. The maximum absolute atomic E-state index is 13.1. The lowest BCUT2D eigenvalue weighted by Gasteiger charge is -2.27. The number of hydrogen-bond acceptors (Lipinski definition) is 1. The van der Waals surface area contributed by atoms with Crippen molar-refractivity contribution < 1.29 is 4.39 Å². The van der Waals surface area contributed by atoms with Crippen LogP contribution in [0.25, 0.3) is 0 Å². The molecule has 1 aromatic rings. The molecule has 0 unspecified atom stereocenters. The van der Waals surface area contributed by atoms with Gasteiger partial charge in [-0.15, -0.1) is 0 Å². The zero-order chi connectivity index (χ0) is 10.0. The molecule has 2 heteroatoms. The van der Waals surface area contributed by atoms with Gasteiger partial charge in [-0.25, -0.2) is 4.39 Å². The molecule has 0 bridgehead atoms. The van der Waals surface area contributed by atoms with Gasteiger partial charge < -0.3 is 5.73 Å². The lowest BCUT2D eigenvalue weighted by Crippen LogP contribution is -2.32. The summed E-state index contributed by atoms with van der Waals surface area (Å²) in [7, 11) is 0. The fourth-order valence-corrected chi connectivity index (χ4v) is 2.48. The molecule has 1 nitrogen and oxygen atoms in total. The highest BCUT2D eigenvalue weighted by Crippen LogP contribution is 2.40. The van der Waals surface area contributed by atoms with Gasteiger partial charge >= 0.3 is 0 Å². The minimum absolute atomic E-state index is 0.0576. The molecule has 1 aliphatic carbocycles. The van der Waals surface area contributed by atoms with E-state index in [0.717, 1.165) is 18.4 Å². The van der Waals surface area contributed by atoms with Crippen molar-refractivity contribution in [3.05, 3.63) is 35.6 Å². The van der Waals surface area contributed by atoms with Gasteiger partial charge in [-0.2, -0.15) is 0 Å². The predicted octanol–water partition coefficient (Wildman–Crippen LogP) is 2.60. The van der Waals surface area contributed by atoms with E-state index >= 15 is 0 Å². The molecule has 1 saturated carbocycles. The fraction of sp³-hybridized carbons (Fsp3) is 0.500. The van der Waals surface area contributed by atoms with Gasteiger partial charge in [0, 0.05) is 12.0 Å². The Morgan fingerprint density at radius 1 is 1.29 bits per heavy atom. The molecule has 2 rings (SSSR count). The van der Waals surface area contributed by atoms with Gasteiger partial charge in [0.15, 0.2) is 0 Å². The number of rotatable bonds is 2. The first-order valence-corrected chi connectivity index (χ1v) is 5.23. The number of nitrogens with two attached hydrogens (primary N) is 1. The van der Waals surface area contributed by atoms with Crippen LogP contribution in [0.3, 0.4) is 0 Å². The maximum Gasteiger partial charge on any atom is 0.123 e. The van der Waals surface area contributed by atoms with Crippen molar-refractivity contribution in [1.82, 2.24) is 0 Å². The highest BCUT2D eigenvalue weighted by Gasteiger charge is 2.34. The van der Waals surface area contributed by atoms with Crippen LogP contribution in [0.4, 0.5) is 4.39 Å². The van der Waals surface area contributed by atoms with E-state index in [9.17, 15) is 4.39 Å². The van der Waals surface area contributed by atoms with Gasteiger partial charge in [0.05, 0.1) is 0 Å². The van der Waals surface area contributed by atoms with Crippen LogP contribution < -0.4 is 5.73 Å². The predicted molar refractivity (Wildman–Crippen MR) is 55.6 cm³/mol. The summed E-state index contributed by atoms with van der Waals surface area (Å²) in [6, 6.07) is 6.91. The Morgan fingerprint density at radius 2 is 2.00 bits per heavy atom. The van der Waals surface area contributed by atoms with Crippen LogP contribution in [0.2, 0.25) is 0 Å². The maximum atomic E-state index is 13.1. The van der Waals surface area contributed by atoms with Crippen molar-refractivity contribution in [2.45, 2.75) is 31.1 Å². The Bertz CT molecular complexity index is 316. The van der Waals surface area contributed by atoms with Gasteiger partial charge in [0.1, 0.15) is 5.82 Å². The largest absolute Gasteiger partial charge is 0.330 e. The molecule has 0 spiro atoms. The third-order valence-corrected chi connectivity index (χ3v) is 3.39. The second-order valence-corrected chi connectivity index (χ2v) is 4.20. The molecular weight excluding hydrogens is 177 g/mol. The van der Waals surface area contributed by atoms with Gasteiger partial charge in [0.2, 0.25) is 0 Å². The minimum Gasteiger partial charge on any atom is -0.330 e. The van der Waals surface area contributed by atoms with Crippen molar-refractivity contribution >= 4 is 0 Å². The normalized spacial score (nSPS) is 19.9. The highest BCUT2D eigenvalue weighted by molar-refractivity contribution is 5.27. The molecule has 0 atom stereocenters. The first kappa shape index (κ1) is 9.66. The Labute approximate surface area is 84.1 Å². The van der Waals surface area contributed by atoms with Crippen molar-refractivity contribution in [1.29, 1.82) is 0 Å². The molecule has 1 aromatic carbocycles. The molecule has 0 aliphatic heterocycles.